The minimum atomic E-state index is -0.711. The molecule has 0 aromatic heterocycles. The third-order valence-corrected chi connectivity index (χ3v) is 4.45. The second-order valence-electron chi connectivity index (χ2n) is 3.99. The van der Waals surface area contributed by atoms with Gasteiger partial charge in [-0.1, -0.05) is 16.8 Å². The summed E-state index contributed by atoms with van der Waals surface area (Å²) in [6, 6.07) is 5.25. The molecule has 7 heteroatoms. The molecule has 5 nitrogen and oxygen atoms in total. The first kappa shape index (κ1) is 13.2. The van der Waals surface area contributed by atoms with E-state index in [4.69, 9.17) is 22.5 Å². The molecule has 1 fully saturated rings. The Morgan fingerprint density at radius 1 is 1.44 bits per heavy atom. The van der Waals surface area contributed by atoms with E-state index in [1.54, 1.807) is 12.1 Å². The Labute approximate surface area is 113 Å². The van der Waals surface area contributed by atoms with Crippen molar-refractivity contribution in [1.29, 1.82) is 0 Å². The highest BCUT2D eigenvalue weighted by atomic mass is 35.5. The maximum Gasteiger partial charge on any atom is 0.170 e. The van der Waals surface area contributed by atoms with E-state index in [0.29, 0.717) is 22.1 Å². The smallest absolute Gasteiger partial charge is 0.170 e. The molecule has 1 aliphatic rings. The van der Waals surface area contributed by atoms with Crippen LogP contribution in [0.4, 0.5) is 5.69 Å². The van der Waals surface area contributed by atoms with E-state index >= 15 is 0 Å². The van der Waals surface area contributed by atoms with Crippen LogP contribution in [0.1, 0.15) is 5.56 Å². The van der Waals surface area contributed by atoms with Gasteiger partial charge in [-0.05, 0) is 18.2 Å². The fourth-order valence-corrected chi connectivity index (χ4v) is 3.21. The summed E-state index contributed by atoms with van der Waals surface area (Å²) in [6.45, 7) is 1.46. The first-order chi connectivity index (χ1) is 8.61. The van der Waals surface area contributed by atoms with Crippen LogP contribution in [-0.4, -0.2) is 39.8 Å². The highest BCUT2D eigenvalue weighted by Gasteiger charge is 2.18. The zero-order chi connectivity index (χ0) is 13.1. The third kappa shape index (κ3) is 2.76. The van der Waals surface area contributed by atoms with Crippen molar-refractivity contribution >= 4 is 33.9 Å². The maximum atomic E-state index is 11.3. The molecule has 0 amide bonds. The Morgan fingerprint density at radius 2 is 2.11 bits per heavy atom. The Kier molecular flexibility index (Phi) is 4.08. The minimum Gasteiger partial charge on any atom is -0.409 e. The van der Waals surface area contributed by atoms with Crippen LogP contribution >= 0.6 is 11.6 Å². The predicted molar refractivity (Wildman–Crippen MR) is 74.1 cm³/mol. The predicted octanol–water partition coefficient (Wildman–Crippen LogP) is 1.00. The summed E-state index contributed by atoms with van der Waals surface area (Å²) in [6.07, 6.45) is 0. The number of nitrogens with two attached hydrogens (primary N) is 1. The number of halogens is 1. The Hall–Kier alpha value is -1.27. The van der Waals surface area contributed by atoms with Gasteiger partial charge in [0.05, 0.1) is 10.7 Å². The summed E-state index contributed by atoms with van der Waals surface area (Å²) in [5.74, 6) is 1.36. The van der Waals surface area contributed by atoms with Crippen molar-refractivity contribution in [3.05, 3.63) is 28.8 Å². The van der Waals surface area contributed by atoms with Crippen LogP contribution in [-0.2, 0) is 10.8 Å². The van der Waals surface area contributed by atoms with Crippen molar-refractivity contribution in [3.63, 3.8) is 0 Å². The van der Waals surface area contributed by atoms with Crippen molar-refractivity contribution in [2.45, 2.75) is 0 Å². The van der Waals surface area contributed by atoms with Gasteiger partial charge >= 0.3 is 0 Å². The number of rotatable bonds is 2. The van der Waals surface area contributed by atoms with Gasteiger partial charge in [-0.15, -0.1) is 0 Å². The van der Waals surface area contributed by atoms with Crippen molar-refractivity contribution in [1.82, 2.24) is 0 Å². The van der Waals surface area contributed by atoms with Gasteiger partial charge in [0.15, 0.2) is 5.84 Å². The number of anilines is 1. The van der Waals surface area contributed by atoms with E-state index < -0.39 is 10.8 Å². The number of amidine groups is 1. The molecule has 1 aromatic rings. The van der Waals surface area contributed by atoms with Gasteiger partial charge < -0.3 is 15.8 Å². The number of oxime groups is 1. The average Bonchev–Trinajstić information content (AvgIpc) is 2.39. The lowest BCUT2D eigenvalue weighted by Crippen LogP contribution is -2.37. The summed E-state index contributed by atoms with van der Waals surface area (Å²) in [4.78, 5) is 2.10. The summed E-state index contributed by atoms with van der Waals surface area (Å²) in [7, 11) is -0.711. The number of hydrogen-bond acceptors (Lipinski definition) is 4. The highest BCUT2D eigenvalue weighted by molar-refractivity contribution is 7.85. The van der Waals surface area contributed by atoms with E-state index in [-0.39, 0.29) is 5.84 Å². The van der Waals surface area contributed by atoms with Gasteiger partial charge in [0.2, 0.25) is 0 Å². The molecule has 0 saturated carbocycles. The lowest BCUT2D eigenvalue weighted by atomic mass is 10.2. The zero-order valence-electron chi connectivity index (χ0n) is 9.67. The SMILES string of the molecule is NC(=NO)c1ccc(N2CCS(=O)CC2)c(Cl)c1. The number of nitrogens with zero attached hydrogens (tertiary/aromatic N) is 2. The number of benzene rings is 1. The van der Waals surface area contributed by atoms with Gasteiger partial charge in [-0.2, -0.15) is 0 Å². The van der Waals surface area contributed by atoms with Gasteiger partial charge in [0.1, 0.15) is 0 Å². The molecule has 0 bridgehead atoms. The van der Waals surface area contributed by atoms with Crippen LogP contribution < -0.4 is 10.6 Å². The normalized spacial score (nSPS) is 18.1. The van der Waals surface area contributed by atoms with Crippen molar-refractivity contribution in [3.8, 4) is 0 Å². The molecule has 0 aliphatic carbocycles. The molecular weight excluding hydrogens is 274 g/mol. The van der Waals surface area contributed by atoms with Gasteiger partial charge in [0.25, 0.3) is 0 Å². The Bertz CT molecular complexity index is 497. The van der Waals surface area contributed by atoms with Crippen LogP contribution in [0, 0.1) is 0 Å². The minimum absolute atomic E-state index is 0.0307. The Balaban J connectivity index is 2.22. The van der Waals surface area contributed by atoms with Crippen molar-refractivity contribution < 1.29 is 9.42 Å². The standard InChI is InChI=1S/C11H14ClN3O2S/c12-9-7-8(11(13)14-16)1-2-10(9)15-3-5-18(17)6-4-15/h1-2,7,16H,3-6H2,(H2,13,14). The quantitative estimate of drug-likeness (QED) is 0.368. The second-order valence-corrected chi connectivity index (χ2v) is 6.09. The summed E-state index contributed by atoms with van der Waals surface area (Å²) >= 11 is 6.19. The van der Waals surface area contributed by atoms with E-state index in [1.807, 2.05) is 6.07 Å². The van der Waals surface area contributed by atoms with E-state index in [1.165, 1.54) is 0 Å². The van der Waals surface area contributed by atoms with E-state index in [9.17, 15) is 4.21 Å². The first-order valence-corrected chi connectivity index (χ1v) is 7.36. The molecule has 18 heavy (non-hydrogen) atoms. The summed E-state index contributed by atoms with van der Waals surface area (Å²) < 4.78 is 11.3. The Morgan fingerprint density at radius 3 is 2.67 bits per heavy atom. The third-order valence-electron chi connectivity index (χ3n) is 2.87. The molecule has 1 heterocycles. The van der Waals surface area contributed by atoms with E-state index in [2.05, 4.69) is 10.1 Å². The average molecular weight is 288 g/mol. The largest absolute Gasteiger partial charge is 0.409 e. The molecule has 1 aromatic carbocycles. The van der Waals surface area contributed by atoms with Gasteiger partial charge in [-0.3, -0.25) is 4.21 Å². The molecule has 0 radical (unpaired) electrons. The first-order valence-electron chi connectivity index (χ1n) is 5.49. The highest BCUT2D eigenvalue weighted by Crippen LogP contribution is 2.27. The van der Waals surface area contributed by atoms with Crippen molar-refractivity contribution in [2.75, 3.05) is 29.5 Å². The topological polar surface area (TPSA) is 78.9 Å². The van der Waals surface area contributed by atoms with Crippen molar-refractivity contribution in [2.24, 2.45) is 10.9 Å². The zero-order valence-corrected chi connectivity index (χ0v) is 11.2. The van der Waals surface area contributed by atoms with Crippen LogP contribution in [0.3, 0.4) is 0 Å². The lowest BCUT2D eigenvalue weighted by Gasteiger charge is -2.29. The molecule has 0 atom stereocenters. The molecule has 1 aliphatic heterocycles. The monoisotopic (exact) mass is 287 g/mol. The molecule has 2 rings (SSSR count). The summed E-state index contributed by atoms with van der Waals surface area (Å²) in [5.41, 5.74) is 6.96. The van der Waals surface area contributed by atoms with Crippen LogP contribution in [0.2, 0.25) is 5.02 Å². The molecule has 1 saturated heterocycles. The molecule has 0 spiro atoms. The number of hydrogen-bond donors (Lipinski definition) is 2. The van der Waals surface area contributed by atoms with Gasteiger partial charge in [0, 0.05) is 41.0 Å². The fourth-order valence-electron chi connectivity index (χ4n) is 1.86. The molecule has 98 valence electrons. The molecule has 0 unspecified atom stereocenters. The van der Waals surface area contributed by atoms with Crippen LogP contribution in [0.5, 0.6) is 0 Å². The second kappa shape index (κ2) is 5.58. The fraction of sp³-hybridized carbons (Fsp3) is 0.364. The maximum absolute atomic E-state index is 11.3. The van der Waals surface area contributed by atoms with E-state index in [0.717, 1.165) is 18.8 Å². The molecular formula is C11H14ClN3O2S. The lowest BCUT2D eigenvalue weighted by molar-refractivity contribution is 0.318. The van der Waals surface area contributed by atoms with Gasteiger partial charge in [-0.25, -0.2) is 0 Å². The van der Waals surface area contributed by atoms with Crippen LogP contribution in [0.25, 0.3) is 0 Å². The molecule has 3 N–H and O–H groups in total. The van der Waals surface area contributed by atoms with Crippen LogP contribution in [0.15, 0.2) is 23.4 Å². The summed E-state index contributed by atoms with van der Waals surface area (Å²) in [5, 5.41) is 12.1.